The summed E-state index contributed by atoms with van der Waals surface area (Å²) < 4.78 is 0. The van der Waals surface area contributed by atoms with Crippen LogP contribution >= 0.6 is 0 Å². The van der Waals surface area contributed by atoms with Crippen molar-refractivity contribution in [3.05, 3.63) is 42.5 Å². The van der Waals surface area contributed by atoms with Gasteiger partial charge in [0.1, 0.15) is 0 Å². The Hall–Kier alpha value is -1.28. The van der Waals surface area contributed by atoms with Crippen molar-refractivity contribution >= 4 is 5.69 Å². The second-order valence-electron chi connectivity index (χ2n) is 5.43. The summed E-state index contributed by atoms with van der Waals surface area (Å²) in [5, 5.41) is 0. The number of benzene rings is 1. The minimum absolute atomic E-state index is 0.381. The Labute approximate surface area is 110 Å². The van der Waals surface area contributed by atoms with Crippen molar-refractivity contribution in [1.29, 1.82) is 0 Å². The molecule has 2 rings (SSSR count). The van der Waals surface area contributed by atoms with E-state index in [4.69, 9.17) is 5.73 Å². The lowest BCUT2D eigenvalue weighted by Crippen LogP contribution is -2.33. The molecule has 0 bridgehead atoms. The summed E-state index contributed by atoms with van der Waals surface area (Å²) >= 11 is 0. The maximum Gasteiger partial charge on any atom is 0.0314 e. The molecule has 0 amide bonds. The number of nitrogens with two attached hydrogens (primary N) is 1. The van der Waals surface area contributed by atoms with Crippen molar-refractivity contribution in [3.63, 3.8) is 0 Å². The third-order valence-corrected chi connectivity index (χ3v) is 3.83. The van der Waals surface area contributed by atoms with E-state index in [0.717, 1.165) is 25.3 Å². The number of hydrogen-bond donors (Lipinski definition) is 1. The average molecular weight is 244 g/mol. The molecule has 1 aliphatic rings. The Morgan fingerprint density at radius 2 is 2.00 bits per heavy atom. The predicted octanol–water partition coefficient (Wildman–Crippen LogP) is 3.20. The van der Waals surface area contributed by atoms with Gasteiger partial charge in [-0.25, -0.2) is 0 Å². The molecule has 2 N–H and O–H groups in total. The molecule has 1 aromatic carbocycles. The number of nitrogens with zero attached hydrogens (tertiary/aromatic N) is 1. The van der Waals surface area contributed by atoms with Crippen LogP contribution in [0.15, 0.2) is 36.9 Å². The van der Waals surface area contributed by atoms with E-state index in [1.165, 1.54) is 24.8 Å². The van der Waals surface area contributed by atoms with Crippen LogP contribution < -0.4 is 5.73 Å². The molecule has 0 heterocycles. The van der Waals surface area contributed by atoms with Crippen molar-refractivity contribution in [2.45, 2.75) is 31.6 Å². The van der Waals surface area contributed by atoms with Crippen molar-refractivity contribution in [2.24, 2.45) is 0 Å². The van der Waals surface area contributed by atoms with Crippen LogP contribution in [0.5, 0.6) is 0 Å². The van der Waals surface area contributed by atoms with Crippen LogP contribution in [-0.4, -0.2) is 24.5 Å². The molecule has 1 aliphatic carbocycles. The highest BCUT2D eigenvalue weighted by atomic mass is 15.1. The lowest BCUT2D eigenvalue weighted by molar-refractivity contribution is 0.274. The maximum absolute atomic E-state index is 5.76. The molecule has 1 fully saturated rings. The van der Waals surface area contributed by atoms with Gasteiger partial charge < -0.3 is 5.73 Å². The number of hydrogen-bond acceptors (Lipinski definition) is 2. The van der Waals surface area contributed by atoms with Gasteiger partial charge in [0.25, 0.3) is 0 Å². The predicted molar refractivity (Wildman–Crippen MR) is 78.7 cm³/mol. The maximum atomic E-state index is 5.76. The lowest BCUT2D eigenvalue weighted by atomic mass is 9.95. The molecular weight excluding hydrogens is 220 g/mol. The van der Waals surface area contributed by atoms with Gasteiger partial charge in [0.15, 0.2) is 0 Å². The Bertz CT molecular complexity index is 390. The quantitative estimate of drug-likeness (QED) is 0.589. The van der Waals surface area contributed by atoms with E-state index in [1.807, 2.05) is 18.2 Å². The molecule has 0 unspecified atom stereocenters. The van der Waals surface area contributed by atoms with Crippen molar-refractivity contribution in [3.8, 4) is 0 Å². The molecule has 0 spiro atoms. The summed E-state index contributed by atoms with van der Waals surface area (Å²) in [6.45, 7) is 9.39. The number of anilines is 1. The Kier molecular flexibility index (Phi) is 4.07. The third-order valence-electron chi connectivity index (χ3n) is 3.83. The van der Waals surface area contributed by atoms with E-state index in [1.54, 1.807) is 0 Å². The minimum Gasteiger partial charge on any atom is -0.399 e. The van der Waals surface area contributed by atoms with Gasteiger partial charge in [0, 0.05) is 24.2 Å². The van der Waals surface area contributed by atoms with Crippen LogP contribution in [0.25, 0.3) is 0 Å². The van der Waals surface area contributed by atoms with E-state index < -0.39 is 0 Å². The van der Waals surface area contributed by atoms with Crippen LogP contribution in [0.4, 0.5) is 5.69 Å². The molecule has 2 heteroatoms. The molecule has 98 valence electrons. The second kappa shape index (κ2) is 5.57. The fraction of sp³-hybridized carbons (Fsp3) is 0.500. The molecule has 0 atom stereocenters. The van der Waals surface area contributed by atoms with Gasteiger partial charge in [-0.3, -0.25) is 4.90 Å². The molecular formula is C16H24N2. The molecule has 18 heavy (non-hydrogen) atoms. The molecule has 1 aromatic rings. The van der Waals surface area contributed by atoms with Gasteiger partial charge in [0.05, 0.1) is 0 Å². The molecule has 2 nitrogen and oxygen atoms in total. The van der Waals surface area contributed by atoms with Crippen LogP contribution in [-0.2, 0) is 5.41 Å². The van der Waals surface area contributed by atoms with Gasteiger partial charge >= 0.3 is 0 Å². The fourth-order valence-electron chi connectivity index (χ4n) is 2.69. The summed E-state index contributed by atoms with van der Waals surface area (Å²) in [6, 6.07) is 8.43. The molecule has 0 aromatic heterocycles. The average Bonchev–Trinajstić information content (AvgIpc) is 3.11. The highest BCUT2D eigenvalue weighted by Gasteiger charge is 2.44. The van der Waals surface area contributed by atoms with E-state index in [2.05, 4.69) is 30.5 Å². The van der Waals surface area contributed by atoms with Crippen molar-refractivity contribution < 1.29 is 0 Å². The largest absolute Gasteiger partial charge is 0.399 e. The zero-order valence-electron chi connectivity index (χ0n) is 11.4. The first-order chi connectivity index (χ1) is 8.70. The summed E-state index contributed by atoms with van der Waals surface area (Å²) in [5.74, 6) is 0. The van der Waals surface area contributed by atoms with Crippen LogP contribution in [0.2, 0.25) is 0 Å². The smallest absolute Gasteiger partial charge is 0.0314 e. The van der Waals surface area contributed by atoms with Crippen molar-refractivity contribution in [1.82, 2.24) is 4.90 Å². The third kappa shape index (κ3) is 2.94. The summed E-state index contributed by atoms with van der Waals surface area (Å²) in [6.07, 6.45) is 5.81. The van der Waals surface area contributed by atoms with Gasteiger partial charge in [-0.05, 0) is 43.5 Å². The second-order valence-corrected chi connectivity index (χ2v) is 5.43. The van der Waals surface area contributed by atoms with Crippen molar-refractivity contribution in [2.75, 3.05) is 25.4 Å². The topological polar surface area (TPSA) is 29.3 Å². The highest BCUT2D eigenvalue weighted by molar-refractivity contribution is 5.43. The molecule has 0 aliphatic heterocycles. The first-order valence-electron chi connectivity index (χ1n) is 6.89. The molecule has 1 saturated carbocycles. The summed E-state index contributed by atoms with van der Waals surface area (Å²) in [4.78, 5) is 2.51. The Morgan fingerprint density at radius 1 is 1.33 bits per heavy atom. The number of nitrogen functional groups attached to an aromatic ring is 1. The van der Waals surface area contributed by atoms with E-state index in [9.17, 15) is 0 Å². The number of rotatable bonds is 7. The van der Waals surface area contributed by atoms with E-state index in [0.29, 0.717) is 5.41 Å². The summed E-state index contributed by atoms with van der Waals surface area (Å²) in [5.41, 5.74) is 8.44. The van der Waals surface area contributed by atoms with Gasteiger partial charge in [0.2, 0.25) is 0 Å². The van der Waals surface area contributed by atoms with Gasteiger partial charge in [-0.2, -0.15) is 0 Å². The molecule has 0 saturated heterocycles. The normalized spacial score (nSPS) is 16.8. The standard InChI is InChI=1S/C16H24N2/c1-3-11-18(12-4-2)13-16(9-10-16)14-5-7-15(17)8-6-14/h3,5-8H,1,4,9-13,17H2,2H3. The molecule has 0 radical (unpaired) electrons. The van der Waals surface area contributed by atoms with Gasteiger partial charge in [-0.1, -0.05) is 25.1 Å². The first-order valence-corrected chi connectivity index (χ1v) is 6.89. The van der Waals surface area contributed by atoms with E-state index in [-0.39, 0.29) is 0 Å². The van der Waals surface area contributed by atoms with Crippen LogP contribution in [0, 0.1) is 0 Å². The van der Waals surface area contributed by atoms with Crippen LogP contribution in [0.1, 0.15) is 31.7 Å². The first kappa shape index (κ1) is 13.2. The SMILES string of the molecule is C=CCN(CCC)CC1(c2ccc(N)cc2)CC1. The van der Waals surface area contributed by atoms with E-state index >= 15 is 0 Å². The fourth-order valence-corrected chi connectivity index (χ4v) is 2.69. The lowest BCUT2D eigenvalue weighted by Gasteiger charge is -2.26. The zero-order chi connectivity index (χ0) is 13.0. The summed E-state index contributed by atoms with van der Waals surface area (Å²) in [7, 11) is 0. The minimum atomic E-state index is 0.381. The van der Waals surface area contributed by atoms with Crippen LogP contribution in [0.3, 0.4) is 0 Å². The van der Waals surface area contributed by atoms with Gasteiger partial charge in [-0.15, -0.1) is 6.58 Å². The zero-order valence-corrected chi connectivity index (χ0v) is 11.4. The monoisotopic (exact) mass is 244 g/mol. The highest BCUT2D eigenvalue weighted by Crippen LogP contribution is 2.48. The Balaban J connectivity index is 2.06. The Morgan fingerprint density at radius 3 is 2.50 bits per heavy atom.